The van der Waals surface area contributed by atoms with E-state index in [1.165, 1.54) is 57.4 Å². The molecule has 4 heteroatoms. The zero-order valence-electron chi connectivity index (χ0n) is 26.3. The maximum Gasteiger partial charge on any atom is -0.0512 e. The predicted octanol–water partition coefficient (Wildman–Crippen LogP) is 11.4. The molecule has 0 radical (unpaired) electrons. The molecule has 0 aliphatic heterocycles. The molecule has 8 aromatic carbocycles. The Kier molecular flexibility index (Phi) is 6.51. The molecule has 0 aliphatic rings. The van der Waals surface area contributed by atoms with Crippen LogP contribution in [-0.2, 0) is 0 Å². The molecule has 0 amide bonds. The van der Waals surface area contributed by atoms with E-state index in [-0.39, 0.29) is 14.5 Å². The summed E-state index contributed by atoms with van der Waals surface area (Å²) in [5, 5.41) is 10.3. The van der Waals surface area contributed by atoms with Gasteiger partial charge in [-0.15, -0.1) is 0 Å². The Bertz CT molecular complexity index is 2820. The van der Waals surface area contributed by atoms with Gasteiger partial charge in [-0.25, -0.2) is 4.98 Å². The monoisotopic (exact) mass is 689 g/mol. The normalized spacial score (nSPS) is 11.7. The summed E-state index contributed by atoms with van der Waals surface area (Å²) in [6, 6.07) is 58.4. The van der Waals surface area contributed by atoms with Crippen LogP contribution in [0.3, 0.4) is 0 Å². The molecule has 0 bridgehead atoms. The maximum atomic E-state index is 5.06. The van der Waals surface area contributed by atoms with Crippen LogP contribution in [0.15, 0.2) is 164 Å². The summed E-state index contributed by atoms with van der Waals surface area (Å²) in [6.07, 6.45) is 0. The molecule has 0 atom stereocenters. The van der Waals surface area contributed by atoms with Crippen molar-refractivity contribution in [3.05, 3.63) is 164 Å². The van der Waals surface area contributed by atoms with Gasteiger partial charge in [0, 0.05) is 11.1 Å². The van der Waals surface area contributed by atoms with Crippen LogP contribution in [0.2, 0.25) is 0 Å². The van der Waals surface area contributed by atoms with Gasteiger partial charge in [-0.2, -0.15) is 0 Å². The number of benzene rings is 8. The van der Waals surface area contributed by atoms with Gasteiger partial charge in [-0.05, 0) is 0 Å². The van der Waals surface area contributed by atoms with E-state index in [0.29, 0.717) is 17.5 Å². The van der Waals surface area contributed by atoms with Crippen molar-refractivity contribution in [2.75, 3.05) is 0 Å². The average molecular weight is 689 g/mol. The summed E-state index contributed by atoms with van der Waals surface area (Å²) < 4.78 is 2.96. The van der Waals surface area contributed by atoms with Crippen LogP contribution in [0.4, 0.5) is 0 Å². The van der Waals surface area contributed by atoms with Crippen LogP contribution in [0, 0.1) is 0 Å². The molecule has 49 heavy (non-hydrogen) atoms. The second-order valence-electron chi connectivity index (χ2n) is 12.4. The number of hydrogen-bond acceptors (Lipinski definition) is 3. The van der Waals surface area contributed by atoms with Gasteiger partial charge in [0.15, 0.2) is 0 Å². The molecule has 0 unspecified atom stereocenters. The summed E-state index contributed by atoms with van der Waals surface area (Å²) in [6.45, 7) is 0. The Balaban J connectivity index is 1.18. The van der Waals surface area contributed by atoms with Crippen molar-refractivity contribution >= 4 is 66.1 Å². The number of nitrogens with zero attached hydrogens (tertiary/aromatic N) is 3. The van der Waals surface area contributed by atoms with Crippen LogP contribution in [0.5, 0.6) is 0 Å². The van der Waals surface area contributed by atoms with Crippen molar-refractivity contribution in [1.82, 2.24) is 15.0 Å². The van der Waals surface area contributed by atoms with Gasteiger partial charge >= 0.3 is 213 Å². The first-order chi connectivity index (χ1) is 24.3. The Labute approximate surface area is 288 Å². The number of fused-ring (bicyclic) bond motifs is 8. The summed E-state index contributed by atoms with van der Waals surface area (Å²) in [5.41, 5.74) is 5.31. The van der Waals surface area contributed by atoms with Crippen LogP contribution in [0.25, 0.3) is 96.9 Å². The number of hydrogen-bond donors (Lipinski definition) is 0. The molecule has 228 valence electrons. The fourth-order valence-corrected chi connectivity index (χ4v) is 9.84. The van der Waals surface area contributed by atoms with E-state index in [1.54, 1.807) is 0 Å². The van der Waals surface area contributed by atoms with E-state index < -0.39 is 0 Å². The zero-order valence-corrected chi connectivity index (χ0v) is 28.1. The summed E-state index contributed by atoms with van der Waals surface area (Å²) in [7, 11) is 0. The molecular formula is C45H27N3Se. The van der Waals surface area contributed by atoms with E-state index in [0.717, 1.165) is 22.1 Å². The van der Waals surface area contributed by atoms with E-state index in [9.17, 15) is 0 Å². The van der Waals surface area contributed by atoms with E-state index >= 15 is 0 Å². The topological polar surface area (TPSA) is 38.7 Å². The molecule has 10 aromatic rings. The van der Waals surface area contributed by atoms with Crippen LogP contribution in [-0.4, -0.2) is 29.5 Å². The Morgan fingerprint density at radius 3 is 1.67 bits per heavy atom. The summed E-state index contributed by atoms with van der Waals surface area (Å²) >= 11 is 0.270. The zero-order chi connectivity index (χ0) is 32.3. The first kappa shape index (κ1) is 28.1. The van der Waals surface area contributed by atoms with E-state index in [2.05, 4.69) is 103 Å². The third-order valence-electron chi connectivity index (χ3n) is 9.52. The Morgan fingerprint density at radius 2 is 0.918 bits per heavy atom. The fourth-order valence-electron chi connectivity index (χ4n) is 7.17. The minimum absolute atomic E-state index is 0.270. The molecule has 0 N–H and O–H groups in total. The Morgan fingerprint density at radius 1 is 0.347 bits per heavy atom. The van der Waals surface area contributed by atoms with Crippen molar-refractivity contribution < 1.29 is 0 Å². The van der Waals surface area contributed by atoms with Crippen LogP contribution >= 0.6 is 0 Å². The summed E-state index contributed by atoms with van der Waals surface area (Å²) in [4.78, 5) is 15.0. The molecule has 2 heterocycles. The van der Waals surface area contributed by atoms with E-state index in [1.807, 2.05) is 60.7 Å². The third kappa shape index (κ3) is 4.69. The van der Waals surface area contributed by atoms with Crippen molar-refractivity contribution in [2.24, 2.45) is 0 Å². The molecule has 2 aromatic heterocycles. The molecule has 0 saturated heterocycles. The van der Waals surface area contributed by atoms with Gasteiger partial charge in [0.25, 0.3) is 0 Å². The molecule has 3 nitrogen and oxygen atoms in total. The molecule has 10 rings (SSSR count). The van der Waals surface area contributed by atoms with Gasteiger partial charge < -0.3 is 0 Å². The minimum Gasteiger partial charge on any atom is -0.0615 e. The Hall–Kier alpha value is -5.93. The second-order valence-corrected chi connectivity index (χ2v) is 14.6. The second kappa shape index (κ2) is 11.3. The van der Waals surface area contributed by atoms with Crippen LogP contribution in [0.1, 0.15) is 0 Å². The van der Waals surface area contributed by atoms with Crippen molar-refractivity contribution in [2.45, 2.75) is 0 Å². The smallest absolute Gasteiger partial charge is 0.0512 e. The third-order valence-corrected chi connectivity index (χ3v) is 12.0. The first-order valence-corrected chi connectivity index (χ1v) is 18.2. The van der Waals surface area contributed by atoms with Gasteiger partial charge in [-0.3, -0.25) is 0 Å². The van der Waals surface area contributed by atoms with Gasteiger partial charge in [0.2, 0.25) is 0 Å². The van der Waals surface area contributed by atoms with Gasteiger partial charge in [-0.1, -0.05) is 60.7 Å². The maximum absolute atomic E-state index is 5.06. The molecule has 0 saturated carbocycles. The first-order valence-electron chi connectivity index (χ1n) is 16.4. The van der Waals surface area contributed by atoms with Crippen molar-refractivity contribution in [3.63, 3.8) is 0 Å². The number of aromatic nitrogens is 3. The largest absolute Gasteiger partial charge is 0.0615 e. The van der Waals surface area contributed by atoms with Crippen LogP contribution < -0.4 is 0 Å². The molecule has 0 fully saturated rings. The van der Waals surface area contributed by atoms with Gasteiger partial charge in [0.1, 0.15) is 0 Å². The summed E-state index contributed by atoms with van der Waals surface area (Å²) in [5.74, 6) is 1.99. The van der Waals surface area contributed by atoms with E-state index in [4.69, 9.17) is 15.0 Å². The standard InChI is InChI=1S/C45H27N3Se/c1-3-11-30(12-4-1)43-46-44(31-13-5-2-6-14-31)48-45(47-43)38-19-10-17-34-33(16-9-18-35(34)38)32-24-22-28-21-23-29-25-26-37-36-15-7-8-20-40(36)49-42(37)41(29)39(28)27-32/h1-27H. The van der Waals surface area contributed by atoms with Crippen molar-refractivity contribution in [1.29, 1.82) is 0 Å². The molecule has 0 spiro atoms. The predicted molar refractivity (Wildman–Crippen MR) is 206 cm³/mol. The number of rotatable bonds is 4. The fraction of sp³-hybridized carbons (Fsp3) is 0. The molecular weight excluding hydrogens is 661 g/mol. The van der Waals surface area contributed by atoms with Gasteiger partial charge in [0.05, 0.1) is 0 Å². The SMILES string of the molecule is c1ccc(-c2nc(-c3ccccc3)nc(-c3cccc4c(-c5ccc6ccc7ccc8c9ccccc9[se]c8c7c6c5)cccc34)n2)cc1. The van der Waals surface area contributed by atoms with Crippen molar-refractivity contribution in [3.8, 4) is 45.3 Å². The minimum atomic E-state index is 0.270. The quantitative estimate of drug-likeness (QED) is 0.136. The molecule has 0 aliphatic carbocycles. The average Bonchev–Trinajstić information content (AvgIpc) is 3.56.